The van der Waals surface area contributed by atoms with Crippen LogP contribution in [0, 0.1) is 12.7 Å². The maximum atomic E-state index is 14.0. The third kappa shape index (κ3) is 4.22. The van der Waals surface area contributed by atoms with Gasteiger partial charge in [0.1, 0.15) is 23.8 Å². The molecule has 2 aliphatic rings. The predicted octanol–water partition coefficient (Wildman–Crippen LogP) is 4.74. The molecule has 0 atom stereocenters. The summed E-state index contributed by atoms with van der Waals surface area (Å²) in [6.07, 6.45) is 1.71. The van der Waals surface area contributed by atoms with Crippen LogP contribution in [-0.2, 0) is 11.2 Å². The molecule has 160 valence electrons. The zero-order chi connectivity index (χ0) is 21.5. The average Bonchev–Trinajstić information content (AvgIpc) is 2.69. The quantitative estimate of drug-likeness (QED) is 0.703. The lowest BCUT2D eigenvalue weighted by molar-refractivity contribution is -0.116. The number of piperidine rings is 1. The van der Waals surface area contributed by atoms with Crippen molar-refractivity contribution >= 4 is 40.5 Å². The maximum absolute atomic E-state index is 14.0. The normalized spacial score (nSPS) is 18.0. The fraction of sp³-hybridized carbons (Fsp3) is 0.409. The van der Waals surface area contributed by atoms with Gasteiger partial charge in [0.15, 0.2) is 0 Å². The molecule has 1 saturated heterocycles. The summed E-state index contributed by atoms with van der Waals surface area (Å²) in [6, 6.07) is 6.44. The molecule has 0 bridgehead atoms. The zero-order valence-corrected chi connectivity index (χ0v) is 18.1. The van der Waals surface area contributed by atoms with E-state index in [4.69, 9.17) is 27.9 Å². The molecule has 0 aliphatic carbocycles. The smallest absolute Gasteiger partial charge is 0.224 e. The number of carbonyl (C=O) groups is 1. The minimum Gasteiger partial charge on any atom is -0.490 e. The first-order valence-corrected chi connectivity index (χ1v) is 10.7. The Morgan fingerprint density at radius 3 is 2.67 bits per heavy atom. The lowest BCUT2D eigenvalue weighted by Crippen LogP contribution is -2.48. The lowest BCUT2D eigenvalue weighted by atomic mass is 9.91. The monoisotopic (exact) mass is 452 g/mol. The summed E-state index contributed by atoms with van der Waals surface area (Å²) in [6.45, 7) is 3.31. The largest absolute Gasteiger partial charge is 0.490 e. The van der Waals surface area contributed by atoms with E-state index in [0.29, 0.717) is 53.7 Å². The molecule has 0 radical (unpaired) electrons. The highest BCUT2D eigenvalue weighted by atomic mass is 35.5. The van der Waals surface area contributed by atoms with Gasteiger partial charge in [0.25, 0.3) is 0 Å². The van der Waals surface area contributed by atoms with E-state index in [1.54, 1.807) is 12.1 Å². The Kier molecular flexibility index (Phi) is 5.84. The number of nitrogens with one attached hydrogen (secondary N) is 1. The van der Waals surface area contributed by atoms with Gasteiger partial charge in [-0.15, -0.1) is 0 Å². The minimum absolute atomic E-state index is 0.0974. The molecule has 8 heteroatoms. The second kappa shape index (κ2) is 8.25. The second-order valence-corrected chi connectivity index (χ2v) is 8.84. The van der Waals surface area contributed by atoms with Crippen LogP contribution >= 0.6 is 23.2 Å². The van der Waals surface area contributed by atoms with E-state index in [9.17, 15) is 14.3 Å². The first kappa shape index (κ1) is 21.2. The number of carbonyl (C=O) groups excluding carboxylic acids is 1. The summed E-state index contributed by atoms with van der Waals surface area (Å²) in [7, 11) is 0. The molecular formula is C22H23Cl2FN2O3. The number of nitrogens with zero attached hydrogens (tertiary/aromatic N) is 1. The van der Waals surface area contributed by atoms with E-state index < -0.39 is 11.4 Å². The number of benzene rings is 2. The first-order chi connectivity index (χ1) is 14.3. The van der Waals surface area contributed by atoms with Crippen molar-refractivity contribution in [2.75, 3.05) is 29.9 Å². The van der Waals surface area contributed by atoms with Crippen LogP contribution in [0.5, 0.6) is 5.75 Å². The molecule has 1 fully saturated rings. The van der Waals surface area contributed by atoms with Crippen molar-refractivity contribution in [2.45, 2.75) is 38.2 Å². The number of fused-ring (bicyclic) bond motifs is 1. The van der Waals surface area contributed by atoms with Crippen LogP contribution in [0.4, 0.5) is 15.8 Å². The molecule has 2 aromatic carbocycles. The van der Waals surface area contributed by atoms with Crippen molar-refractivity contribution in [3.05, 3.63) is 51.3 Å². The van der Waals surface area contributed by atoms with E-state index in [1.165, 1.54) is 6.07 Å². The standard InChI is InChI=1S/C22H23Cl2FN2O3/c1-13-10-14(23)11-16(24)21(13)27-8-6-22(29,7-9-27)12-30-18-4-3-17(25)20-15(18)2-5-19(28)26-20/h3-4,10-11,29H,2,5-9,12H2,1H3,(H,26,28). The number of aliphatic hydroxyl groups is 1. The van der Waals surface area contributed by atoms with Gasteiger partial charge in [-0.05, 0) is 56.0 Å². The van der Waals surface area contributed by atoms with E-state index >= 15 is 0 Å². The Bertz CT molecular complexity index is 968. The molecule has 2 N–H and O–H groups in total. The predicted molar refractivity (Wildman–Crippen MR) is 116 cm³/mol. The summed E-state index contributed by atoms with van der Waals surface area (Å²) in [4.78, 5) is 13.7. The van der Waals surface area contributed by atoms with Crippen molar-refractivity contribution in [3.63, 3.8) is 0 Å². The SMILES string of the molecule is Cc1cc(Cl)cc(Cl)c1N1CCC(O)(COc2ccc(F)c3c2CCC(=O)N3)CC1. The summed E-state index contributed by atoms with van der Waals surface area (Å²) in [5.41, 5.74) is 1.75. The molecule has 0 unspecified atom stereocenters. The summed E-state index contributed by atoms with van der Waals surface area (Å²) < 4.78 is 20.0. The van der Waals surface area contributed by atoms with Gasteiger partial charge in [-0.2, -0.15) is 0 Å². The Morgan fingerprint density at radius 2 is 1.97 bits per heavy atom. The van der Waals surface area contributed by atoms with Crippen LogP contribution in [0.2, 0.25) is 10.0 Å². The number of hydrogen-bond acceptors (Lipinski definition) is 4. The maximum Gasteiger partial charge on any atom is 0.224 e. The van der Waals surface area contributed by atoms with E-state index in [0.717, 1.165) is 11.3 Å². The van der Waals surface area contributed by atoms with Crippen molar-refractivity contribution in [3.8, 4) is 5.75 Å². The molecule has 0 spiro atoms. The van der Waals surface area contributed by atoms with Gasteiger partial charge < -0.3 is 20.1 Å². The first-order valence-electron chi connectivity index (χ1n) is 9.93. The number of ether oxygens (including phenoxy) is 1. The number of aryl methyl sites for hydroxylation is 1. The van der Waals surface area contributed by atoms with Gasteiger partial charge in [0.2, 0.25) is 5.91 Å². The molecule has 4 rings (SSSR count). The summed E-state index contributed by atoms with van der Waals surface area (Å²) in [5, 5.41) is 14.8. The van der Waals surface area contributed by atoms with Gasteiger partial charge in [0, 0.05) is 30.1 Å². The van der Waals surface area contributed by atoms with Crippen molar-refractivity contribution in [1.82, 2.24) is 0 Å². The van der Waals surface area contributed by atoms with Crippen molar-refractivity contribution < 1.29 is 19.0 Å². The van der Waals surface area contributed by atoms with Crippen molar-refractivity contribution in [1.29, 1.82) is 0 Å². The molecule has 30 heavy (non-hydrogen) atoms. The average molecular weight is 453 g/mol. The highest BCUT2D eigenvalue weighted by molar-refractivity contribution is 6.36. The van der Waals surface area contributed by atoms with Gasteiger partial charge in [-0.3, -0.25) is 4.79 Å². The van der Waals surface area contributed by atoms with Crippen molar-refractivity contribution in [2.24, 2.45) is 0 Å². The number of rotatable bonds is 4. The Labute approximate surface area is 184 Å². The summed E-state index contributed by atoms with van der Waals surface area (Å²) in [5.74, 6) is -0.188. The second-order valence-electron chi connectivity index (χ2n) is 8.00. The third-order valence-corrected chi connectivity index (χ3v) is 6.32. The highest BCUT2D eigenvalue weighted by Crippen LogP contribution is 2.37. The van der Waals surface area contributed by atoms with Gasteiger partial charge >= 0.3 is 0 Å². The third-order valence-electron chi connectivity index (χ3n) is 5.81. The van der Waals surface area contributed by atoms with E-state index in [1.807, 2.05) is 13.0 Å². The van der Waals surface area contributed by atoms with Crippen LogP contribution in [0.15, 0.2) is 24.3 Å². The summed E-state index contributed by atoms with van der Waals surface area (Å²) >= 11 is 12.5. The topological polar surface area (TPSA) is 61.8 Å². The molecule has 0 aromatic heterocycles. The van der Waals surface area contributed by atoms with Crippen LogP contribution in [-0.4, -0.2) is 36.3 Å². The Balaban J connectivity index is 1.43. The van der Waals surface area contributed by atoms with Crippen LogP contribution in [0.3, 0.4) is 0 Å². The van der Waals surface area contributed by atoms with Crippen LogP contribution in [0.1, 0.15) is 30.4 Å². The Morgan fingerprint density at radius 1 is 1.23 bits per heavy atom. The fourth-order valence-electron chi connectivity index (χ4n) is 4.16. The molecular weight excluding hydrogens is 430 g/mol. The van der Waals surface area contributed by atoms with E-state index in [-0.39, 0.29) is 24.6 Å². The van der Waals surface area contributed by atoms with E-state index in [2.05, 4.69) is 10.2 Å². The Hall–Kier alpha value is -2.02. The molecule has 2 heterocycles. The van der Waals surface area contributed by atoms with Gasteiger partial charge in [-0.25, -0.2) is 4.39 Å². The fourth-order valence-corrected chi connectivity index (χ4v) is 4.87. The molecule has 5 nitrogen and oxygen atoms in total. The number of anilines is 2. The van der Waals surface area contributed by atoms with Gasteiger partial charge in [-0.1, -0.05) is 23.2 Å². The minimum atomic E-state index is -0.998. The molecule has 2 aliphatic heterocycles. The highest BCUT2D eigenvalue weighted by Gasteiger charge is 2.35. The number of amides is 1. The van der Waals surface area contributed by atoms with Crippen LogP contribution < -0.4 is 15.0 Å². The number of hydrogen-bond donors (Lipinski definition) is 2. The molecule has 1 amide bonds. The number of halogens is 3. The lowest BCUT2D eigenvalue weighted by Gasteiger charge is -2.40. The molecule has 0 saturated carbocycles. The van der Waals surface area contributed by atoms with Crippen LogP contribution in [0.25, 0.3) is 0 Å². The van der Waals surface area contributed by atoms with Gasteiger partial charge in [0.05, 0.1) is 16.4 Å². The zero-order valence-electron chi connectivity index (χ0n) is 16.6. The molecule has 2 aromatic rings.